The zero-order chi connectivity index (χ0) is 21.0. The van der Waals surface area contributed by atoms with Crippen LogP contribution in [0.2, 0.25) is 5.02 Å². The number of hydrogen-bond donors (Lipinski definition) is 2. The molecule has 2 N–H and O–H groups in total. The topological polar surface area (TPSA) is 105 Å². The fourth-order valence-corrected chi connectivity index (χ4v) is 4.05. The lowest BCUT2D eigenvalue weighted by molar-refractivity contribution is -0.114. The van der Waals surface area contributed by atoms with E-state index in [1.54, 1.807) is 30.3 Å². The van der Waals surface area contributed by atoms with Crippen LogP contribution in [0.1, 0.15) is 23.2 Å². The van der Waals surface area contributed by atoms with Crippen molar-refractivity contribution in [3.63, 3.8) is 0 Å². The zero-order valence-corrected chi connectivity index (χ0v) is 16.9. The molecule has 0 radical (unpaired) electrons. The number of sulfone groups is 1. The van der Waals surface area contributed by atoms with Gasteiger partial charge in [-0.1, -0.05) is 29.8 Å². The van der Waals surface area contributed by atoms with Crippen LogP contribution >= 0.6 is 11.6 Å². The van der Waals surface area contributed by atoms with Crippen molar-refractivity contribution < 1.29 is 22.4 Å². The predicted molar refractivity (Wildman–Crippen MR) is 110 cm³/mol. The Kier molecular flexibility index (Phi) is 6.05. The number of halogens is 1. The first-order chi connectivity index (χ1) is 13.7. The first-order valence-electron chi connectivity index (χ1n) is 8.49. The molecule has 0 aliphatic rings. The van der Waals surface area contributed by atoms with Gasteiger partial charge in [0.15, 0.2) is 15.6 Å². The first kappa shape index (κ1) is 20.6. The number of furan rings is 1. The lowest BCUT2D eigenvalue weighted by Crippen LogP contribution is -2.11. The van der Waals surface area contributed by atoms with Crippen molar-refractivity contribution >= 4 is 44.6 Å². The molecule has 1 aromatic heterocycles. The van der Waals surface area contributed by atoms with Crippen molar-refractivity contribution in [1.82, 2.24) is 0 Å². The monoisotopic (exact) mass is 432 g/mol. The van der Waals surface area contributed by atoms with Gasteiger partial charge in [-0.2, -0.15) is 0 Å². The summed E-state index contributed by atoms with van der Waals surface area (Å²) >= 11 is 6.08. The van der Waals surface area contributed by atoms with E-state index in [-0.39, 0.29) is 33.1 Å². The van der Waals surface area contributed by atoms with E-state index in [4.69, 9.17) is 16.0 Å². The van der Waals surface area contributed by atoms with Gasteiger partial charge in [-0.25, -0.2) is 8.42 Å². The van der Waals surface area contributed by atoms with E-state index in [2.05, 4.69) is 10.6 Å². The highest BCUT2D eigenvalue weighted by atomic mass is 35.5. The van der Waals surface area contributed by atoms with Gasteiger partial charge in [-0.15, -0.1) is 0 Å². The second kappa shape index (κ2) is 8.50. The Bertz CT molecular complexity index is 1160. The van der Waals surface area contributed by atoms with Crippen LogP contribution in [0.15, 0.2) is 70.0 Å². The smallest absolute Gasteiger partial charge is 0.291 e. The minimum absolute atomic E-state index is 0.0367. The lowest BCUT2D eigenvalue weighted by atomic mass is 10.2. The number of hydrogen-bond acceptors (Lipinski definition) is 5. The number of nitrogens with one attached hydrogen (secondary N) is 2. The van der Waals surface area contributed by atoms with E-state index >= 15 is 0 Å². The van der Waals surface area contributed by atoms with Gasteiger partial charge in [-0.05, 0) is 42.5 Å². The molecule has 0 atom stereocenters. The number of anilines is 2. The summed E-state index contributed by atoms with van der Waals surface area (Å²) in [6.07, 6.45) is 0. The highest BCUT2D eigenvalue weighted by Crippen LogP contribution is 2.26. The maximum Gasteiger partial charge on any atom is 0.291 e. The number of carbonyl (C=O) groups excluding carboxylic acids is 2. The van der Waals surface area contributed by atoms with E-state index in [1.165, 1.54) is 37.3 Å². The highest BCUT2D eigenvalue weighted by molar-refractivity contribution is 7.90. The van der Waals surface area contributed by atoms with Crippen molar-refractivity contribution in [2.24, 2.45) is 0 Å². The molecule has 2 aromatic carbocycles. The third kappa shape index (κ3) is 5.24. The number of benzene rings is 2. The van der Waals surface area contributed by atoms with E-state index in [0.29, 0.717) is 11.4 Å². The third-order valence-electron chi connectivity index (χ3n) is 3.86. The average Bonchev–Trinajstić information content (AvgIpc) is 3.12. The molecule has 0 saturated carbocycles. The van der Waals surface area contributed by atoms with Crippen LogP contribution in [0.3, 0.4) is 0 Å². The average molecular weight is 433 g/mol. The van der Waals surface area contributed by atoms with Crippen LogP contribution < -0.4 is 10.6 Å². The van der Waals surface area contributed by atoms with Crippen LogP contribution in [0.5, 0.6) is 0 Å². The summed E-state index contributed by atoms with van der Waals surface area (Å²) in [6.45, 7) is 1.36. The molecule has 2 amide bonds. The normalized spacial score (nSPS) is 11.1. The van der Waals surface area contributed by atoms with E-state index in [1.807, 2.05) is 0 Å². The van der Waals surface area contributed by atoms with Crippen LogP contribution in [0.4, 0.5) is 11.4 Å². The van der Waals surface area contributed by atoms with Gasteiger partial charge in [-0.3, -0.25) is 9.59 Å². The predicted octanol–water partition coefficient (Wildman–Crippen LogP) is 4.12. The minimum atomic E-state index is -3.58. The van der Waals surface area contributed by atoms with Crippen molar-refractivity contribution in [3.05, 3.63) is 77.2 Å². The van der Waals surface area contributed by atoms with Gasteiger partial charge in [0.2, 0.25) is 5.91 Å². The summed E-state index contributed by atoms with van der Waals surface area (Å²) in [4.78, 5) is 23.7. The van der Waals surface area contributed by atoms with Gasteiger partial charge in [0.25, 0.3) is 5.91 Å². The Labute approximate surface area is 172 Å². The molecule has 0 aliphatic carbocycles. The van der Waals surface area contributed by atoms with Gasteiger partial charge in [0.05, 0.1) is 15.6 Å². The molecule has 7 nitrogen and oxygen atoms in total. The Morgan fingerprint density at radius 1 is 1.00 bits per heavy atom. The van der Waals surface area contributed by atoms with E-state index < -0.39 is 15.7 Å². The molecule has 0 saturated heterocycles. The number of rotatable bonds is 6. The largest absolute Gasteiger partial charge is 0.455 e. The summed E-state index contributed by atoms with van der Waals surface area (Å²) in [5.41, 5.74) is 0.813. The number of carbonyl (C=O) groups is 2. The summed E-state index contributed by atoms with van der Waals surface area (Å²) < 4.78 is 30.2. The summed E-state index contributed by atoms with van der Waals surface area (Å²) in [5, 5.41) is 5.43. The summed E-state index contributed by atoms with van der Waals surface area (Å²) in [7, 11) is -3.58. The Morgan fingerprint density at radius 2 is 1.72 bits per heavy atom. The first-order valence-corrected chi connectivity index (χ1v) is 10.5. The third-order valence-corrected chi connectivity index (χ3v) is 5.83. The van der Waals surface area contributed by atoms with Crippen LogP contribution in [-0.2, 0) is 20.4 Å². The molecule has 1 heterocycles. The SMILES string of the molecule is CC(=O)Nc1ccc(NC(=O)c2ccc(CS(=O)(=O)c3ccccc3)o2)cc1Cl. The molecular formula is C20H17ClN2O5S. The van der Waals surface area contributed by atoms with Crippen molar-refractivity contribution in [2.45, 2.75) is 17.6 Å². The van der Waals surface area contributed by atoms with Crippen LogP contribution in [-0.4, -0.2) is 20.2 Å². The minimum Gasteiger partial charge on any atom is -0.455 e. The van der Waals surface area contributed by atoms with Crippen LogP contribution in [0.25, 0.3) is 0 Å². The maximum absolute atomic E-state index is 12.4. The van der Waals surface area contributed by atoms with Gasteiger partial charge in [0.1, 0.15) is 11.5 Å². The van der Waals surface area contributed by atoms with Gasteiger partial charge in [0, 0.05) is 12.6 Å². The maximum atomic E-state index is 12.4. The highest BCUT2D eigenvalue weighted by Gasteiger charge is 2.19. The molecule has 9 heteroatoms. The van der Waals surface area contributed by atoms with Crippen molar-refractivity contribution in [2.75, 3.05) is 10.6 Å². The molecule has 0 unspecified atom stereocenters. The van der Waals surface area contributed by atoms with Crippen LogP contribution in [0, 0.1) is 0 Å². The fourth-order valence-electron chi connectivity index (χ4n) is 2.55. The van der Waals surface area contributed by atoms with E-state index in [9.17, 15) is 18.0 Å². The molecule has 3 rings (SSSR count). The molecule has 29 heavy (non-hydrogen) atoms. The lowest BCUT2D eigenvalue weighted by Gasteiger charge is -2.08. The van der Waals surface area contributed by atoms with Gasteiger partial charge < -0.3 is 15.1 Å². The fraction of sp³-hybridized carbons (Fsp3) is 0.100. The molecule has 3 aromatic rings. The second-order valence-corrected chi connectivity index (χ2v) is 8.56. The molecule has 0 spiro atoms. The van der Waals surface area contributed by atoms with Crippen molar-refractivity contribution in [1.29, 1.82) is 0 Å². The Morgan fingerprint density at radius 3 is 2.38 bits per heavy atom. The molecule has 150 valence electrons. The quantitative estimate of drug-likeness (QED) is 0.609. The standard InChI is InChI=1S/C20H17ClN2O5S/c1-13(24)22-18-9-7-14(11-17(18)21)23-20(25)19-10-8-15(28-19)12-29(26,27)16-5-3-2-4-6-16/h2-11H,12H2,1H3,(H,22,24)(H,23,25). The Hall–Kier alpha value is -3.10. The van der Waals surface area contributed by atoms with Crippen molar-refractivity contribution in [3.8, 4) is 0 Å². The number of amides is 2. The molecule has 0 aliphatic heterocycles. The zero-order valence-electron chi connectivity index (χ0n) is 15.3. The molecule has 0 bridgehead atoms. The molecule has 0 fully saturated rings. The van der Waals surface area contributed by atoms with E-state index in [0.717, 1.165) is 0 Å². The second-order valence-electron chi connectivity index (χ2n) is 6.17. The summed E-state index contributed by atoms with van der Waals surface area (Å²) in [6, 6.07) is 15.4. The van der Waals surface area contributed by atoms with Gasteiger partial charge >= 0.3 is 0 Å². The molecular weight excluding hydrogens is 416 g/mol. The summed E-state index contributed by atoms with van der Waals surface area (Å²) in [5.74, 6) is -1.07. The Balaban J connectivity index is 1.70.